The fourth-order valence-electron chi connectivity index (χ4n) is 0.598. The van der Waals surface area contributed by atoms with Crippen molar-refractivity contribution in [2.24, 2.45) is 4.99 Å². The van der Waals surface area contributed by atoms with Crippen molar-refractivity contribution in [1.82, 2.24) is 0 Å². The standard InChI is InChI=1S/C8H9NO3/c1-3-4-7(9-5-10)6(2)8(11)12/h3H,1,4H2,2H3,(H,11,12). The molecule has 12 heavy (non-hydrogen) atoms. The first-order chi connectivity index (χ1) is 5.63. The topological polar surface area (TPSA) is 66.7 Å². The van der Waals surface area contributed by atoms with E-state index in [2.05, 4.69) is 11.6 Å². The summed E-state index contributed by atoms with van der Waals surface area (Å²) in [5.41, 5.74) is 0.228. The first kappa shape index (κ1) is 10.3. The zero-order valence-electron chi connectivity index (χ0n) is 6.70. The van der Waals surface area contributed by atoms with Gasteiger partial charge in [0, 0.05) is 6.42 Å². The largest absolute Gasteiger partial charge is 0.478 e. The SMILES string of the molecule is C=CCC(N=C=O)=C(C)C(=O)O. The molecule has 0 fully saturated rings. The van der Waals surface area contributed by atoms with Crippen molar-refractivity contribution in [2.75, 3.05) is 0 Å². The van der Waals surface area contributed by atoms with Gasteiger partial charge in [-0.15, -0.1) is 6.58 Å². The molecule has 0 aromatic rings. The summed E-state index contributed by atoms with van der Waals surface area (Å²) in [4.78, 5) is 23.5. The molecule has 64 valence electrons. The smallest absolute Gasteiger partial charge is 0.333 e. The quantitative estimate of drug-likeness (QED) is 0.296. The van der Waals surface area contributed by atoms with Crippen molar-refractivity contribution in [3.05, 3.63) is 23.9 Å². The highest BCUT2D eigenvalue weighted by Gasteiger charge is 2.06. The predicted octanol–water partition coefficient (Wildman–Crippen LogP) is 1.26. The average molecular weight is 167 g/mol. The zero-order valence-corrected chi connectivity index (χ0v) is 6.70. The number of hydrogen-bond acceptors (Lipinski definition) is 3. The number of aliphatic imine (C=N–C) groups is 1. The predicted molar refractivity (Wildman–Crippen MR) is 43.3 cm³/mol. The molecule has 4 nitrogen and oxygen atoms in total. The number of hydrogen-bond donors (Lipinski definition) is 1. The molecular weight excluding hydrogens is 158 g/mol. The third-order valence-corrected chi connectivity index (χ3v) is 1.27. The van der Waals surface area contributed by atoms with Crippen LogP contribution in [0.15, 0.2) is 28.9 Å². The Bertz CT molecular complexity index is 272. The maximum Gasteiger partial charge on any atom is 0.333 e. The zero-order chi connectivity index (χ0) is 9.56. The highest BCUT2D eigenvalue weighted by Crippen LogP contribution is 2.09. The van der Waals surface area contributed by atoms with Crippen LogP contribution in [0.4, 0.5) is 0 Å². The number of rotatable bonds is 4. The van der Waals surface area contributed by atoms with E-state index in [0.717, 1.165) is 0 Å². The number of allylic oxidation sites excluding steroid dienone is 1. The second kappa shape index (κ2) is 5.04. The molecule has 0 heterocycles. The number of carboxylic acids is 1. The molecule has 0 bridgehead atoms. The van der Waals surface area contributed by atoms with Gasteiger partial charge in [-0.3, -0.25) is 0 Å². The van der Waals surface area contributed by atoms with E-state index in [1.165, 1.54) is 19.1 Å². The van der Waals surface area contributed by atoms with E-state index in [4.69, 9.17) is 5.11 Å². The van der Waals surface area contributed by atoms with Crippen molar-refractivity contribution in [3.8, 4) is 0 Å². The Hall–Kier alpha value is -1.67. The lowest BCUT2D eigenvalue weighted by Crippen LogP contribution is -1.99. The number of isocyanates is 1. The molecule has 0 saturated heterocycles. The Morgan fingerprint density at radius 3 is 2.67 bits per heavy atom. The van der Waals surface area contributed by atoms with Gasteiger partial charge in [-0.25, -0.2) is 9.59 Å². The number of carboxylic acid groups (broad SMARTS) is 1. The molecule has 0 atom stereocenters. The van der Waals surface area contributed by atoms with E-state index in [1.54, 1.807) is 0 Å². The molecule has 0 spiro atoms. The van der Waals surface area contributed by atoms with Gasteiger partial charge in [0.15, 0.2) is 0 Å². The number of aliphatic carboxylic acids is 1. The van der Waals surface area contributed by atoms with E-state index >= 15 is 0 Å². The number of carbonyl (C=O) groups is 1. The van der Waals surface area contributed by atoms with Gasteiger partial charge in [-0.05, 0) is 6.92 Å². The second-order valence-electron chi connectivity index (χ2n) is 2.07. The molecule has 0 aliphatic carbocycles. The summed E-state index contributed by atoms with van der Waals surface area (Å²) in [6.07, 6.45) is 3.03. The molecule has 4 heteroatoms. The van der Waals surface area contributed by atoms with Gasteiger partial charge in [-0.2, -0.15) is 4.99 Å². The lowest BCUT2D eigenvalue weighted by molar-refractivity contribution is -0.132. The Morgan fingerprint density at radius 2 is 2.33 bits per heavy atom. The van der Waals surface area contributed by atoms with Gasteiger partial charge in [0.2, 0.25) is 6.08 Å². The van der Waals surface area contributed by atoms with Crippen LogP contribution in [-0.2, 0) is 9.59 Å². The molecule has 0 aliphatic rings. The monoisotopic (exact) mass is 167 g/mol. The maximum atomic E-state index is 10.4. The number of carbonyl (C=O) groups excluding carboxylic acids is 1. The van der Waals surface area contributed by atoms with Gasteiger partial charge in [0.05, 0.1) is 11.3 Å². The van der Waals surface area contributed by atoms with Crippen LogP contribution in [0, 0.1) is 0 Å². The highest BCUT2D eigenvalue weighted by molar-refractivity contribution is 5.86. The van der Waals surface area contributed by atoms with Gasteiger partial charge in [-0.1, -0.05) is 6.08 Å². The van der Waals surface area contributed by atoms with Crippen LogP contribution in [0.1, 0.15) is 13.3 Å². The van der Waals surface area contributed by atoms with Gasteiger partial charge in [0.1, 0.15) is 0 Å². The molecule has 0 saturated carbocycles. The van der Waals surface area contributed by atoms with Gasteiger partial charge >= 0.3 is 5.97 Å². The van der Waals surface area contributed by atoms with Crippen molar-refractivity contribution in [1.29, 1.82) is 0 Å². The van der Waals surface area contributed by atoms with Crippen LogP contribution in [0.2, 0.25) is 0 Å². The van der Waals surface area contributed by atoms with Crippen molar-refractivity contribution < 1.29 is 14.7 Å². The van der Waals surface area contributed by atoms with Gasteiger partial charge in [0.25, 0.3) is 0 Å². The van der Waals surface area contributed by atoms with Crippen molar-refractivity contribution in [2.45, 2.75) is 13.3 Å². The van der Waals surface area contributed by atoms with Crippen molar-refractivity contribution >= 4 is 12.0 Å². The summed E-state index contributed by atoms with van der Waals surface area (Å²) in [6.45, 7) is 4.78. The molecule has 0 amide bonds. The molecule has 0 aromatic heterocycles. The summed E-state index contributed by atoms with van der Waals surface area (Å²) in [6, 6.07) is 0. The molecule has 0 radical (unpaired) electrons. The summed E-state index contributed by atoms with van der Waals surface area (Å²) >= 11 is 0. The van der Waals surface area contributed by atoms with Crippen LogP contribution in [-0.4, -0.2) is 17.2 Å². The lowest BCUT2D eigenvalue weighted by Gasteiger charge is -1.97. The summed E-state index contributed by atoms with van der Waals surface area (Å²) < 4.78 is 0. The summed E-state index contributed by atoms with van der Waals surface area (Å²) in [5.74, 6) is -1.09. The first-order valence-corrected chi connectivity index (χ1v) is 3.25. The van der Waals surface area contributed by atoms with E-state index in [-0.39, 0.29) is 17.7 Å². The Balaban J connectivity index is 4.90. The maximum absolute atomic E-state index is 10.4. The minimum Gasteiger partial charge on any atom is -0.478 e. The minimum absolute atomic E-state index is 0.0400. The van der Waals surface area contributed by atoms with E-state index in [0.29, 0.717) is 0 Å². The second-order valence-corrected chi connectivity index (χ2v) is 2.07. The van der Waals surface area contributed by atoms with Crippen LogP contribution in [0.5, 0.6) is 0 Å². The summed E-state index contributed by atoms with van der Waals surface area (Å²) in [7, 11) is 0. The Labute approximate surface area is 69.9 Å². The molecule has 0 unspecified atom stereocenters. The first-order valence-electron chi connectivity index (χ1n) is 3.25. The minimum atomic E-state index is -1.09. The van der Waals surface area contributed by atoms with Crippen LogP contribution < -0.4 is 0 Å². The molecular formula is C8H9NO3. The lowest BCUT2D eigenvalue weighted by atomic mass is 10.2. The van der Waals surface area contributed by atoms with E-state index in [9.17, 15) is 9.59 Å². The molecule has 0 rings (SSSR count). The Kier molecular flexibility index (Phi) is 4.34. The molecule has 0 aliphatic heterocycles. The number of nitrogens with zero attached hydrogens (tertiary/aromatic N) is 1. The fraction of sp³-hybridized carbons (Fsp3) is 0.250. The normalized spacial score (nSPS) is 11.1. The van der Waals surface area contributed by atoms with Gasteiger partial charge < -0.3 is 5.11 Å². The fourth-order valence-corrected chi connectivity index (χ4v) is 0.598. The summed E-state index contributed by atoms with van der Waals surface area (Å²) in [5, 5.41) is 8.52. The highest BCUT2D eigenvalue weighted by atomic mass is 16.4. The van der Waals surface area contributed by atoms with E-state index < -0.39 is 5.97 Å². The van der Waals surface area contributed by atoms with Crippen LogP contribution in [0.25, 0.3) is 0 Å². The Morgan fingerprint density at radius 1 is 1.75 bits per heavy atom. The molecule has 1 N–H and O–H groups in total. The third kappa shape index (κ3) is 2.94. The van der Waals surface area contributed by atoms with Crippen LogP contribution >= 0.6 is 0 Å². The third-order valence-electron chi connectivity index (χ3n) is 1.27. The van der Waals surface area contributed by atoms with Crippen LogP contribution in [0.3, 0.4) is 0 Å². The van der Waals surface area contributed by atoms with Crippen molar-refractivity contribution in [3.63, 3.8) is 0 Å². The van der Waals surface area contributed by atoms with E-state index in [1.807, 2.05) is 0 Å². The average Bonchev–Trinajstić information content (AvgIpc) is 2.03. The molecule has 0 aromatic carbocycles.